The Hall–Kier alpha value is -0.890. The van der Waals surface area contributed by atoms with Crippen LogP contribution in [0.2, 0.25) is 0 Å². The maximum atomic E-state index is 5.46. The fourth-order valence-electron chi connectivity index (χ4n) is 1.81. The topological polar surface area (TPSA) is 22.1 Å². The van der Waals surface area contributed by atoms with E-state index in [0.29, 0.717) is 0 Å². The monoisotopic (exact) mass is 163 g/mol. The van der Waals surface area contributed by atoms with Gasteiger partial charge in [0.15, 0.2) is 0 Å². The fourth-order valence-corrected chi connectivity index (χ4v) is 1.81. The van der Waals surface area contributed by atoms with Crippen molar-refractivity contribution in [3.05, 3.63) is 29.6 Å². The first-order chi connectivity index (χ1) is 5.76. The molecule has 0 aromatic carbocycles. The van der Waals surface area contributed by atoms with Crippen LogP contribution in [0, 0.1) is 0 Å². The highest BCUT2D eigenvalue weighted by Crippen LogP contribution is 2.37. The molecule has 1 heterocycles. The largest absolute Gasteiger partial charge is 0.372 e. The van der Waals surface area contributed by atoms with Gasteiger partial charge in [0.25, 0.3) is 0 Å². The second-order valence-corrected chi connectivity index (χ2v) is 3.45. The van der Waals surface area contributed by atoms with Crippen LogP contribution < -0.4 is 0 Å². The van der Waals surface area contributed by atoms with E-state index in [2.05, 4.69) is 18.0 Å². The van der Waals surface area contributed by atoms with Crippen molar-refractivity contribution in [2.24, 2.45) is 0 Å². The standard InChI is InChI=1S/C10H13NO/c1-10(12-2)6-5-8-4-3-7-11-9(8)10/h3-4,7H,5-6H2,1-2H3/t10-/m0/s1. The molecule has 1 aliphatic carbocycles. The zero-order valence-corrected chi connectivity index (χ0v) is 7.50. The molecule has 0 saturated heterocycles. The Morgan fingerprint density at radius 2 is 2.42 bits per heavy atom. The Balaban J connectivity index is 2.49. The molecule has 0 fully saturated rings. The lowest BCUT2D eigenvalue weighted by Crippen LogP contribution is -2.21. The number of rotatable bonds is 1. The van der Waals surface area contributed by atoms with Crippen LogP contribution >= 0.6 is 0 Å². The summed E-state index contributed by atoms with van der Waals surface area (Å²) in [5.41, 5.74) is 2.31. The maximum absolute atomic E-state index is 5.46. The molecule has 0 amide bonds. The van der Waals surface area contributed by atoms with Crippen LogP contribution in [0.5, 0.6) is 0 Å². The maximum Gasteiger partial charge on any atom is 0.107 e. The minimum absolute atomic E-state index is 0.142. The number of pyridine rings is 1. The number of fused-ring (bicyclic) bond motifs is 1. The Labute approximate surface area is 72.6 Å². The van der Waals surface area contributed by atoms with Crippen molar-refractivity contribution in [3.8, 4) is 0 Å². The summed E-state index contributed by atoms with van der Waals surface area (Å²) in [5.74, 6) is 0. The molecule has 0 N–H and O–H groups in total. The molecule has 2 rings (SSSR count). The minimum Gasteiger partial charge on any atom is -0.372 e. The molecule has 0 saturated carbocycles. The third kappa shape index (κ3) is 0.950. The predicted molar refractivity (Wildman–Crippen MR) is 46.9 cm³/mol. The highest BCUT2D eigenvalue weighted by atomic mass is 16.5. The van der Waals surface area contributed by atoms with E-state index < -0.39 is 0 Å². The van der Waals surface area contributed by atoms with Gasteiger partial charge in [-0.05, 0) is 31.4 Å². The van der Waals surface area contributed by atoms with E-state index in [9.17, 15) is 0 Å². The van der Waals surface area contributed by atoms with Crippen molar-refractivity contribution in [1.82, 2.24) is 4.98 Å². The Kier molecular flexibility index (Phi) is 1.65. The number of aryl methyl sites for hydroxylation is 1. The Morgan fingerprint density at radius 1 is 1.58 bits per heavy atom. The first kappa shape index (κ1) is 7.74. The number of methoxy groups -OCH3 is 1. The molecule has 1 atom stereocenters. The SMILES string of the molecule is CO[C@@]1(C)CCc2cccnc21. The van der Waals surface area contributed by atoms with E-state index in [0.717, 1.165) is 18.5 Å². The normalized spacial score (nSPS) is 27.2. The molecular weight excluding hydrogens is 150 g/mol. The third-order valence-electron chi connectivity index (χ3n) is 2.71. The second-order valence-electron chi connectivity index (χ2n) is 3.45. The lowest BCUT2D eigenvalue weighted by Gasteiger charge is -2.21. The zero-order chi connectivity index (χ0) is 8.60. The van der Waals surface area contributed by atoms with Crippen molar-refractivity contribution in [1.29, 1.82) is 0 Å². The summed E-state index contributed by atoms with van der Waals surface area (Å²) in [4.78, 5) is 4.36. The molecule has 2 heteroatoms. The molecule has 0 radical (unpaired) electrons. The molecular formula is C10H13NO. The highest BCUT2D eigenvalue weighted by molar-refractivity contribution is 5.30. The van der Waals surface area contributed by atoms with Crippen molar-refractivity contribution in [3.63, 3.8) is 0 Å². The van der Waals surface area contributed by atoms with Crippen LogP contribution in [0.25, 0.3) is 0 Å². The zero-order valence-electron chi connectivity index (χ0n) is 7.50. The van der Waals surface area contributed by atoms with E-state index in [1.807, 2.05) is 12.3 Å². The quantitative estimate of drug-likeness (QED) is 0.630. The van der Waals surface area contributed by atoms with Crippen molar-refractivity contribution < 1.29 is 4.74 Å². The van der Waals surface area contributed by atoms with Crippen LogP contribution in [0.1, 0.15) is 24.6 Å². The molecule has 1 aliphatic rings. The van der Waals surface area contributed by atoms with Crippen LogP contribution in [0.15, 0.2) is 18.3 Å². The van der Waals surface area contributed by atoms with Gasteiger partial charge in [0, 0.05) is 13.3 Å². The molecule has 0 bridgehead atoms. The number of hydrogen-bond acceptors (Lipinski definition) is 2. The molecule has 2 nitrogen and oxygen atoms in total. The summed E-state index contributed by atoms with van der Waals surface area (Å²) in [6.07, 6.45) is 3.98. The first-order valence-electron chi connectivity index (χ1n) is 4.26. The summed E-state index contributed by atoms with van der Waals surface area (Å²) < 4.78 is 5.46. The minimum atomic E-state index is -0.142. The molecule has 64 valence electrons. The number of aromatic nitrogens is 1. The van der Waals surface area contributed by atoms with E-state index in [-0.39, 0.29) is 5.60 Å². The lowest BCUT2D eigenvalue weighted by molar-refractivity contribution is 0.000514. The van der Waals surface area contributed by atoms with E-state index in [1.54, 1.807) is 7.11 Å². The van der Waals surface area contributed by atoms with Gasteiger partial charge >= 0.3 is 0 Å². The smallest absolute Gasteiger partial charge is 0.107 e. The van der Waals surface area contributed by atoms with Crippen LogP contribution in [0.4, 0.5) is 0 Å². The number of nitrogens with zero attached hydrogens (tertiary/aromatic N) is 1. The molecule has 0 aliphatic heterocycles. The number of ether oxygens (including phenoxy) is 1. The first-order valence-corrected chi connectivity index (χ1v) is 4.26. The fraction of sp³-hybridized carbons (Fsp3) is 0.500. The predicted octanol–water partition coefficient (Wildman–Crippen LogP) is 1.89. The van der Waals surface area contributed by atoms with Gasteiger partial charge in [-0.3, -0.25) is 4.98 Å². The molecule has 0 spiro atoms. The van der Waals surface area contributed by atoms with E-state index in [4.69, 9.17) is 4.74 Å². The van der Waals surface area contributed by atoms with Gasteiger partial charge in [0.05, 0.1) is 5.69 Å². The van der Waals surface area contributed by atoms with Crippen LogP contribution in [-0.4, -0.2) is 12.1 Å². The van der Waals surface area contributed by atoms with Gasteiger partial charge in [-0.15, -0.1) is 0 Å². The molecule has 1 aromatic rings. The number of hydrogen-bond donors (Lipinski definition) is 0. The van der Waals surface area contributed by atoms with Gasteiger partial charge in [-0.25, -0.2) is 0 Å². The van der Waals surface area contributed by atoms with Gasteiger partial charge in [-0.2, -0.15) is 0 Å². The van der Waals surface area contributed by atoms with Gasteiger partial charge in [0.2, 0.25) is 0 Å². The second kappa shape index (κ2) is 2.56. The Bertz CT molecular complexity index is 298. The van der Waals surface area contributed by atoms with E-state index in [1.165, 1.54) is 5.56 Å². The average Bonchev–Trinajstić information content (AvgIpc) is 2.46. The van der Waals surface area contributed by atoms with Crippen LogP contribution in [0.3, 0.4) is 0 Å². The summed E-state index contributed by atoms with van der Waals surface area (Å²) in [6, 6.07) is 4.12. The third-order valence-corrected chi connectivity index (χ3v) is 2.71. The van der Waals surface area contributed by atoms with Gasteiger partial charge < -0.3 is 4.74 Å². The summed E-state index contributed by atoms with van der Waals surface area (Å²) in [7, 11) is 1.75. The molecule has 1 aromatic heterocycles. The Morgan fingerprint density at radius 3 is 3.17 bits per heavy atom. The van der Waals surface area contributed by atoms with Crippen molar-refractivity contribution in [2.45, 2.75) is 25.4 Å². The summed E-state index contributed by atoms with van der Waals surface area (Å²) in [6.45, 7) is 2.10. The molecule has 12 heavy (non-hydrogen) atoms. The highest BCUT2D eigenvalue weighted by Gasteiger charge is 2.35. The van der Waals surface area contributed by atoms with Gasteiger partial charge in [0.1, 0.15) is 5.60 Å². The summed E-state index contributed by atoms with van der Waals surface area (Å²) in [5, 5.41) is 0. The van der Waals surface area contributed by atoms with Crippen LogP contribution in [-0.2, 0) is 16.8 Å². The van der Waals surface area contributed by atoms with E-state index >= 15 is 0 Å². The van der Waals surface area contributed by atoms with Crippen molar-refractivity contribution >= 4 is 0 Å². The lowest BCUT2D eigenvalue weighted by atomic mass is 10.0. The summed E-state index contributed by atoms with van der Waals surface area (Å²) >= 11 is 0. The molecule has 0 unspecified atom stereocenters. The van der Waals surface area contributed by atoms with Crippen molar-refractivity contribution in [2.75, 3.05) is 7.11 Å². The van der Waals surface area contributed by atoms with Gasteiger partial charge in [-0.1, -0.05) is 6.07 Å². The average molecular weight is 163 g/mol.